The van der Waals surface area contributed by atoms with Gasteiger partial charge in [0.2, 0.25) is 5.91 Å². The summed E-state index contributed by atoms with van der Waals surface area (Å²) in [6.07, 6.45) is 0.459. The molecule has 1 atom stereocenters. The number of nitrogens with two attached hydrogens (primary N) is 1. The van der Waals surface area contributed by atoms with Crippen molar-refractivity contribution in [3.05, 3.63) is 29.8 Å². The smallest absolute Gasteiger partial charge is 0.255 e. The van der Waals surface area contributed by atoms with Gasteiger partial charge in [-0.3, -0.25) is 9.59 Å². The van der Waals surface area contributed by atoms with E-state index in [0.717, 1.165) is 0 Å². The van der Waals surface area contributed by atoms with Crippen molar-refractivity contribution in [3.8, 4) is 0 Å². The summed E-state index contributed by atoms with van der Waals surface area (Å²) < 4.78 is 0. The lowest BCUT2D eigenvalue weighted by Gasteiger charge is -2.21. The number of amides is 2. The molecule has 0 aromatic heterocycles. The lowest BCUT2D eigenvalue weighted by molar-refractivity contribution is -0.117. The summed E-state index contributed by atoms with van der Waals surface area (Å²) >= 11 is 0. The molecule has 1 aromatic carbocycles. The Morgan fingerprint density at radius 3 is 2.68 bits per heavy atom. The number of benzene rings is 1. The van der Waals surface area contributed by atoms with Crippen molar-refractivity contribution in [1.29, 1.82) is 0 Å². The van der Waals surface area contributed by atoms with E-state index in [2.05, 4.69) is 0 Å². The second kappa shape index (κ2) is 5.40. The predicted octanol–water partition coefficient (Wildman–Crippen LogP) is 0.700. The number of rotatable bonds is 3. The van der Waals surface area contributed by atoms with Crippen molar-refractivity contribution in [3.63, 3.8) is 0 Å². The first-order chi connectivity index (χ1) is 9.04. The minimum Gasteiger partial charge on any atom is -0.345 e. The van der Waals surface area contributed by atoms with E-state index in [9.17, 15) is 9.59 Å². The molecule has 0 aliphatic carbocycles. The van der Waals surface area contributed by atoms with Crippen LogP contribution in [0.2, 0.25) is 0 Å². The Morgan fingerprint density at radius 2 is 2.11 bits per heavy atom. The molecule has 1 aliphatic heterocycles. The zero-order valence-electron chi connectivity index (χ0n) is 11.3. The van der Waals surface area contributed by atoms with E-state index in [1.165, 1.54) is 4.90 Å². The van der Waals surface area contributed by atoms with E-state index < -0.39 is 0 Å². The van der Waals surface area contributed by atoms with E-state index in [4.69, 9.17) is 5.73 Å². The van der Waals surface area contributed by atoms with Crippen molar-refractivity contribution in [2.24, 2.45) is 11.7 Å². The average molecular weight is 261 g/mol. The molecular weight excluding hydrogens is 242 g/mol. The number of hydrogen-bond acceptors (Lipinski definition) is 3. The molecule has 1 fully saturated rings. The maximum absolute atomic E-state index is 12.1. The van der Waals surface area contributed by atoms with Gasteiger partial charge in [0.25, 0.3) is 5.91 Å². The van der Waals surface area contributed by atoms with Crippen LogP contribution in [0.15, 0.2) is 24.3 Å². The zero-order chi connectivity index (χ0) is 14.0. The Kier molecular flexibility index (Phi) is 3.85. The Balaban J connectivity index is 2.35. The summed E-state index contributed by atoms with van der Waals surface area (Å²) in [5, 5.41) is 0. The Labute approximate surface area is 113 Å². The van der Waals surface area contributed by atoms with Gasteiger partial charge in [0.05, 0.1) is 11.3 Å². The maximum atomic E-state index is 12.1. The summed E-state index contributed by atoms with van der Waals surface area (Å²) in [6, 6.07) is 7.21. The number of carbonyl (C=O) groups excluding carboxylic acids is 2. The first-order valence-corrected chi connectivity index (χ1v) is 6.35. The fraction of sp³-hybridized carbons (Fsp3) is 0.429. The number of nitrogens with zero attached hydrogens (tertiary/aromatic N) is 2. The van der Waals surface area contributed by atoms with Crippen LogP contribution in [0.1, 0.15) is 16.8 Å². The van der Waals surface area contributed by atoms with Crippen LogP contribution in [-0.2, 0) is 4.79 Å². The molecule has 0 saturated carbocycles. The lowest BCUT2D eigenvalue weighted by Crippen LogP contribution is -2.30. The zero-order valence-corrected chi connectivity index (χ0v) is 11.3. The number of carbonyl (C=O) groups is 2. The van der Waals surface area contributed by atoms with Crippen molar-refractivity contribution in [1.82, 2.24) is 4.90 Å². The summed E-state index contributed by atoms with van der Waals surface area (Å²) in [7, 11) is 3.40. The van der Waals surface area contributed by atoms with Gasteiger partial charge in [-0.2, -0.15) is 0 Å². The summed E-state index contributed by atoms with van der Waals surface area (Å²) in [5.74, 6) is 0.115. The van der Waals surface area contributed by atoms with Crippen molar-refractivity contribution in [2.45, 2.75) is 6.42 Å². The van der Waals surface area contributed by atoms with Gasteiger partial charge in [0, 0.05) is 27.1 Å². The molecule has 0 radical (unpaired) electrons. The fourth-order valence-electron chi connectivity index (χ4n) is 2.30. The largest absolute Gasteiger partial charge is 0.345 e. The molecule has 102 valence electrons. The molecule has 5 nitrogen and oxygen atoms in total. The second-order valence-corrected chi connectivity index (χ2v) is 5.03. The van der Waals surface area contributed by atoms with Crippen LogP contribution < -0.4 is 10.6 Å². The molecule has 5 heteroatoms. The van der Waals surface area contributed by atoms with Crippen LogP contribution >= 0.6 is 0 Å². The van der Waals surface area contributed by atoms with Crippen LogP contribution in [0.3, 0.4) is 0 Å². The van der Waals surface area contributed by atoms with Gasteiger partial charge in [0.1, 0.15) is 0 Å². The number of hydrogen-bond donors (Lipinski definition) is 1. The average Bonchev–Trinajstić information content (AvgIpc) is 2.79. The maximum Gasteiger partial charge on any atom is 0.255 e. The van der Waals surface area contributed by atoms with Gasteiger partial charge in [-0.25, -0.2) is 0 Å². The molecule has 1 unspecified atom stereocenters. The standard InChI is InChI=1S/C14H19N3O2/c1-16(2)14(19)11-5-3-4-6-12(11)17-9-10(8-15)7-13(17)18/h3-6,10H,7-9,15H2,1-2H3. The van der Waals surface area contributed by atoms with Crippen molar-refractivity contribution < 1.29 is 9.59 Å². The number of para-hydroxylation sites is 1. The third-order valence-corrected chi connectivity index (χ3v) is 3.37. The van der Waals surface area contributed by atoms with E-state index >= 15 is 0 Å². The SMILES string of the molecule is CN(C)C(=O)c1ccccc1N1CC(CN)CC1=O. The molecular formula is C14H19N3O2. The molecule has 1 saturated heterocycles. The minimum absolute atomic E-state index is 0.0365. The van der Waals surface area contributed by atoms with Gasteiger partial charge < -0.3 is 15.5 Å². The van der Waals surface area contributed by atoms with Crippen LogP contribution in [0.4, 0.5) is 5.69 Å². The molecule has 2 amide bonds. The van der Waals surface area contributed by atoms with Gasteiger partial charge in [-0.15, -0.1) is 0 Å². The van der Waals surface area contributed by atoms with Gasteiger partial charge in [-0.05, 0) is 24.6 Å². The second-order valence-electron chi connectivity index (χ2n) is 5.03. The monoisotopic (exact) mass is 261 g/mol. The van der Waals surface area contributed by atoms with E-state index in [0.29, 0.717) is 30.8 Å². The third kappa shape index (κ3) is 2.61. The first-order valence-electron chi connectivity index (χ1n) is 6.35. The summed E-state index contributed by atoms with van der Waals surface area (Å²) in [4.78, 5) is 27.4. The number of anilines is 1. The lowest BCUT2D eigenvalue weighted by atomic mass is 10.1. The minimum atomic E-state index is -0.0976. The summed E-state index contributed by atoms with van der Waals surface area (Å²) in [5.41, 5.74) is 6.87. The van der Waals surface area contributed by atoms with Crippen molar-refractivity contribution >= 4 is 17.5 Å². The van der Waals surface area contributed by atoms with Crippen LogP contribution in [-0.4, -0.2) is 43.9 Å². The molecule has 2 rings (SSSR count). The van der Waals surface area contributed by atoms with E-state index in [1.807, 2.05) is 12.1 Å². The highest BCUT2D eigenvalue weighted by molar-refractivity contribution is 6.05. The highest BCUT2D eigenvalue weighted by Gasteiger charge is 2.31. The summed E-state index contributed by atoms with van der Waals surface area (Å²) in [6.45, 7) is 1.08. The van der Waals surface area contributed by atoms with Crippen molar-refractivity contribution in [2.75, 3.05) is 32.1 Å². The molecule has 1 aliphatic rings. The van der Waals surface area contributed by atoms with Gasteiger partial charge in [-0.1, -0.05) is 12.1 Å². The normalized spacial score (nSPS) is 18.8. The van der Waals surface area contributed by atoms with Gasteiger partial charge >= 0.3 is 0 Å². The third-order valence-electron chi connectivity index (χ3n) is 3.37. The molecule has 0 bridgehead atoms. The van der Waals surface area contributed by atoms with Crippen LogP contribution in [0, 0.1) is 5.92 Å². The van der Waals surface area contributed by atoms with E-state index in [-0.39, 0.29) is 17.7 Å². The molecule has 19 heavy (non-hydrogen) atoms. The molecule has 1 heterocycles. The van der Waals surface area contributed by atoms with Gasteiger partial charge in [0.15, 0.2) is 0 Å². The molecule has 0 spiro atoms. The Hall–Kier alpha value is -1.88. The van der Waals surface area contributed by atoms with Crippen LogP contribution in [0.5, 0.6) is 0 Å². The Bertz CT molecular complexity index is 499. The molecule has 1 aromatic rings. The fourth-order valence-corrected chi connectivity index (χ4v) is 2.30. The highest BCUT2D eigenvalue weighted by Crippen LogP contribution is 2.28. The highest BCUT2D eigenvalue weighted by atomic mass is 16.2. The Morgan fingerprint density at radius 1 is 1.42 bits per heavy atom. The van der Waals surface area contributed by atoms with Crippen LogP contribution in [0.25, 0.3) is 0 Å². The quantitative estimate of drug-likeness (QED) is 0.871. The molecule has 2 N–H and O–H groups in total. The predicted molar refractivity (Wildman–Crippen MR) is 74.0 cm³/mol. The van der Waals surface area contributed by atoms with E-state index in [1.54, 1.807) is 31.1 Å². The topological polar surface area (TPSA) is 66.6 Å². The first kappa shape index (κ1) is 13.5.